The van der Waals surface area contributed by atoms with E-state index >= 15 is 0 Å². The first kappa shape index (κ1) is 15.6. The molecule has 2 amide bonds. The fourth-order valence-electron chi connectivity index (χ4n) is 2.80. The summed E-state index contributed by atoms with van der Waals surface area (Å²) >= 11 is 1.20. The van der Waals surface area contributed by atoms with E-state index in [2.05, 4.69) is 0 Å². The number of fused-ring (bicyclic) bond motifs is 1. The maximum absolute atomic E-state index is 12.1. The molecule has 0 aliphatic carbocycles. The molecule has 3 atom stereocenters. The van der Waals surface area contributed by atoms with Crippen LogP contribution in [0, 0.1) is 5.92 Å². The summed E-state index contributed by atoms with van der Waals surface area (Å²) < 4.78 is 0. The van der Waals surface area contributed by atoms with Crippen LogP contribution in [-0.4, -0.2) is 44.4 Å². The van der Waals surface area contributed by atoms with E-state index in [0.717, 1.165) is 0 Å². The molecule has 7 nitrogen and oxygen atoms in total. The van der Waals surface area contributed by atoms with Crippen LogP contribution in [-0.2, 0) is 9.59 Å². The minimum Gasteiger partial charge on any atom is -0.477 e. The van der Waals surface area contributed by atoms with Gasteiger partial charge in [0, 0.05) is 10.5 Å². The highest BCUT2D eigenvalue weighted by Crippen LogP contribution is 2.53. The number of nitrogens with two attached hydrogens (primary N) is 1. The Hall–Kier alpha value is -2.32. The van der Waals surface area contributed by atoms with Gasteiger partial charge in [0.25, 0.3) is 0 Å². The summed E-state index contributed by atoms with van der Waals surface area (Å²) in [5.74, 6) is -2.88. The normalized spacial score (nSPS) is 24.3. The van der Waals surface area contributed by atoms with Gasteiger partial charge in [0.05, 0.1) is 12.0 Å². The van der Waals surface area contributed by atoms with Gasteiger partial charge in [-0.25, -0.2) is 4.79 Å². The molecule has 1 aromatic carbocycles. The topological polar surface area (TPSA) is 121 Å². The van der Waals surface area contributed by atoms with Gasteiger partial charge >= 0.3 is 5.97 Å². The van der Waals surface area contributed by atoms with Crippen molar-refractivity contribution in [3.05, 3.63) is 41.1 Å². The van der Waals surface area contributed by atoms with Crippen LogP contribution in [0.3, 0.4) is 0 Å². The Labute approximate surface area is 135 Å². The number of rotatable bonds is 4. The van der Waals surface area contributed by atoms with E-state index in [0.29, 0.717) is 10.5 Å². The molecule has 1 aromatic rings. The number of carboxylic acid groups (broad SMARTS) is 1. The second-order valence-electron chi connectivity index (χ2n) is 5.41. The zero-order valence-corrected chi connectivity index (χ0v) is 12.9. The van der Waals surface area contributed by atoms with Crippen molar-refractivity contribution in [3.8, 4) is 0 Å². The number of aliphatic hydroxyl groups is 1. The van der Waals surface area contributed by atoms with Gasteiger partial charge in [0.15, 0.2) is 0 Å². The Balaban J connectivity index is 2.05. The summed E-state index contributed by atoms with van der Waals surface area (Å²) in [6.07, 6.45) is -0.859. The molecule has 2 heterocycles. The summed E-state index contributed by atoms with van der Waals surface area (Å²) in [6.45, 7) is 1.51. The maximum Gasteiger partial charge on any atom is 0.353 e. The Kier molecular flexibility index (Phi) is 3.65. The molecule has 8 heteroatoms. The molecule has 0 spiro atoms. The number of hydrogen-bond donors (Lipinski definition) is 3. The number of amides is 2. The molecular formula is C15H14N2O5S. The van der Waals surface area contributed by atoms with Crippen LogP contribution in [0.15, 0.2) is 30.0 Å². The minimum atomic E-state index is -1.23. The third-order valence-electron chi connectivity index (χ3n) is 3.91. The molecule has 2 aliphatic rings. The first-order valence-electron chi connectivity index (χ1n) is 6.88. The van der Waals surface area contributed by atoms with Gasteiger partial charge in [-0.05, 0) is 24.6 Å². The lowest BCUT2D eigenvalue weighted by molar-refractivity contribution is -0.156. The molecule has 4 N–H and O–H groups in total. The molecule has 0 radical (unpaired) electrons. The Morgan fingerprint density at radius 1 is 1.39 bits per heavy atom. The molecule has 1 fully saturated rings. The molecular weight excluding hydrogens is 320 g/mol. The minimum absolute atomic E-state index is 0.122. The average Bonchev–Trinajstić information content (AvgIpc) is 2.82. The molecule has 0 aromatic heterocycles. The van der Waals surface area contributed by atoms with Crippen molar-refractivity contribution in [2.75, 3.05) is 0 Å². The summed E-state index contributed by atoms with van der Waals surface area (Å²) in [5.41, 5.74) is 5.90. The fraction of sp³-hybridized carbons (Fsp3) is 0.267. The second kappa shape index (κ2) is 5.39. The number of hydrogen-bond acceptors (Lipinski definition) is 5. The first-order chi connectivity index (χ1) is 10.8. The van der Waals surface area contributed by atoms with Crippen LogP contribution in [0.4, 0.5) is 0 Å². The summed E-state index contributed by atoms with van der Waals surface area (Å²) in [7, 11) is 0. The quantitative estimate of drug-likeness (QED) is 0.688. The van der Waals surface area contributed by atoms with E-state index in [1.54, 1.807) is 12.1 Å². The van der Waals surface area contributed by atoms with E-state index in [1.807, 2.05) is 0 Å². The number of thioether (sulfide) groups is 1. The first-order valence-corrected chi connectivity index (χ1v) is 7.76. The molecule has 1 unspecified atom stereocenters. The van der Waals surface area contributed by atoms with Gasteiger partial charge in [-0.15, -0.1) is 0 Å². The van der Waals surface area contributed by atoms with Crippen LogP contribution >= 0.6 is 11.8 Å². The average molecular weight is 334 g/mol. The van der Waals surface area contributed by atoms with Crippen molar-refractivity contribution in [1.82, 2.24) is 4.90 Å². The van der Waals surface area contributed by atoms with Crippen LogP contribution < -0.4 is 5.73 Å². The Bertz CT molecular complexity index is 758. The van der Waals surface area contributed by atoms with E-state index in [1.165, 1.54) is 35.7 Å². The van der Waals surface area contributed by atoms with E-state index in [4.69, 9.17) is 5.73 Å². The van der Waals surface area contributed by atoms with Crippen LogP contribution in [0.5, 0.6) is 0 Å². The van der Waals surface area contributed by atoms with Crippen molar-refractivity contribution in [2.24, 2.45) is 11.7 Å². The van der Waals surface area contributed by atoms with Crippen molar-refractivity contribution >= 4 is 34.5 Å². The SMILES string of the molecule is CC(O)[C@H]1C(=O)N2C(C(=O)O)=C(c3cccc(C(N)=O)c3)S[C@H]12. The predicted molar refractivity (Wildman–Crippen MR) is 82.9 cm³/mol. The Morgan fingerprint density at radius 2 is 2.09 bits per heavy atom. The number of aliphatic carboxylic acids is 1. The molecule has 2 aliphatic heterocycles. The van der Waals surface area contributed by atoms with Crippen molar-refractivity contribution in [2.45, 2.75) is 18.4 Å². The second-order valence-corrected chi connectivity index (χ2v) is 6.54. The van der Waals surface area contributed by atoms with E-state index in [9.17, 15) is 24.6 Å². The van der Waals surface area contributed by atoms with Gasteiger partial charge < -0.3 is 15.9 Å². The molecule has 0 saturated carbocycles. The zero-order valence-electron chi connectivity index (χ0n) is 12.1. The number of primary amides is 1. The lowest BCUT2D eigenvalue weighted by Gasteiger charge is -2.43. The monoisotopic (exact) mass is 334 g/mol. The van der Waals surface area contributed by atoms with Crippen molar-refractivity contribution in [3.63, 3.8) is 0 Å². The number of carbonyl (C=O) groups excluding carboxylic acids is 2. The predicted octanol–water partition coefficient (Wildman–Crippen LogP) is 0.451. The zero-order chi connectivity index (χ0) is 16.9. The van der Waals surface area contributed by atoms with Crippen molar-refractivity contribution in [1.29, 1.82) is 0 Å². The number of aliphatic hydroxyl groups excluding tert-OH is 1. The number of carbonyl (C=O) groups is 3. The van der Waals surface area contributed by atoms with E-state index in [-0.39, 0.29) is 11.3 Å². The largest absolute Gasteiger partial charge is 0.477 e. The highest BCUT2D eigenvalue weighted by Gasteiger charge is 2.57. The van der Waals surface area contributed by atoms with Gasteiger partial charge in [-0.1, -0.05) is 23.9 Å². The summed E-state index contributed by atoms with van der Waals surface area (Å²) in [6, 6.07) is 6.30. The highest BCUT2D eigenvalue weighted by molar-refractivity contribution is 8.09. The maximum atomic E-state index is 12.1. The van der Waals surface area contributed by atoms with Gasteiger partial charge in [0.2, 0.25) is 11.8 Å². The van der Waals surface area contributed by atoms with E-state index < -0.39 is 35.2 Å². The number of benzene rings is 1. The fourth-order valence-corrected chi connectivity index (χ4v) is 4.41. The smallest absolute Gasteiger partial charge is 0.353 e. The lowest BCUT2D eigenvalue weighted by atomic mass is 9.92. The van der Waals surface area contributed by atoms with Crippen LogP contribution in [0.25, 0.3) is 4.91 Å². The molecule has 1 saturated heterocycles. The van der Waals surface area contributed by atoms with Gasteiger partial charge in [0.1, 0.15) is 11.1 Å². The molecule has 23 heavy (non-hydrogen) atoms. The molecule has 120 valence electrons. The van der Waals surface area contributed by atoms with Crippen LogP contribution in [0.1, 0.15) is 22.8 Å². The number of β-lactam (4-membered cyclic amide) rings is 1. The lowest BCUT2D eigenvalue weighted by Crippen LogP contribution is -2.60. The molecule has 3 rings (SSSR count). The molecule has 0 bridgehead atoms. The Morgan fingerprint density at radius 3 is 2.65 bits per heavy atom. The van der Waals surface area contributed by atoms with Gasteiger partial charge in [-0.2, -0.15) is 0 Å². The highest BCUT2D eigenvalue weighted by atomic mass is 32.2. The summed E-state index contributed by atoms with van der Waals surface area (Å²) in [4.78, 5) is 36.6. The number of carboxylic acids is 1. The van der Waals surface area contributed by atoms with Crippen LogP contribution in [0.2, 0.25) is 0 Å². The third kappa shape index (κ3) is 2.30. The number of nitrogens with zero attached hydrogens (tertiary/aromatic N) is 1. The third-order valence-corrected chi connectivity index (χ3v) is 5.32. The van der Waals surface area contributed by atoms with Gasteiger partial charge in [-0.3, -0.25) is 14.5 Å². The standard InChI is InChI=1S/C15H14N2O5S/c1-6(18)9-13(20)17-10(15(21)22)11(23-14(9)17)7-3-2-4-8(5-7)12(16)19/h2-6,9,14,18H,1H3,(H2,16,19)(H,21,22)/t6?,9-,14+/m0/s1. The summed E-state index contributed by atoms with van der Waals surface area (Å²) in [5, 5.41) is 18.7. The van der Waals surface area contributed by atoms with Crippen molar-refractivity contribution < 1.29 is 24.6 Å².